The first-order chi connectivity index (χ1) is 17.9. The van der Waals surface area contributed by atoms with Crippen molar-refractivity contribution in [1.82, 2.24) is 0 Å². The number of hydrogen-bond acceptors (Lipinski definition) is 10. The second kappa shape index (κ2) is 9.16. The lowest BCUT2D eigenvalue weighted by molar-refractivity contribution is -0.146. The lowest BCUT2D eigenvalue weighted by Gasteiger charge is -2.42. The monoisotopic (exact) mass is 525 g/mol. The van der Waals surface area contributed by atoms with Gasteiger partial charge < -0.3 is 35.6 Å². The summed E-state index contributed by atoms with van der Waals surface area (Å²) < 4.78 is 11.6. The molecule has 0 aromatic heterocycles. The zero-order valence-electron chi connectivity index (χ0n) is 21.4. The molecule has 0 aliphatic heterocycles. The normalized spacial score (nSPS) is 30.3. The van der Waals surface area contributed by atoms with Crippen LogP contribution in [0.25, 0.3) is 0 Å². The number of phenolic OH excluding ortho intramolecular Hbond substituents is 2. The van der Waals surface area contributed by atoms with E-state index in [2.05, 4.69) is 0 Å². The lowest BCUT2D eigenvalue weighted by atomic mass is 9.72. The third-order valence-corrected chi connectivity index (χ3v) is 8.28. The number of aromatic hydroxyl groups is 2. The topological polar surface area (TPSA) is 177 Å². The number of hydrogen-bond donors (Lipinski definition) is 5. The Kier molecular flexibility index (Phi) is 6.34. The molecule has 0 heterocycles. The number of aliphatic hydroxyl groups is 2. The fourth-order valence-electron chi connectivity index (χ4n) is 6.16. The SMILES string of the molecule is COc1cccc2c1C(=O)c1c(O)c3c(c(O)c1C2=O)CC(O)(C(C)=O)CC3OC1CC(C)C(O)C(N)C1. The van der Waals surface area contributed by atoms with Crippen molar-refractivity contribution >= 4 is 17.3 Å². The molecule has 0 radical (unpaired) electrons. The molecule has 6 N–H and O–H groups in total. The Balaban J connectivity index is 1.68. The van der Waals surface area contributed by atoms with Crippen LogP contribution in [0.15, 0.2) is 18.2 Å². The second-order valence-corrected chi connectivity index (χ2v) is 10.7. The van der Waals surface area contributed by atoms with E-state index < -0.39 is 64.4 Å². The minimum Gasteiger partial charge on any atom is -0.507 e. The molecule has 5 rings (SSSR count). The van der Waals surface area contributed by atoms with Crippen LogP contribution in [0.1, 0.15) is 82.2 Å². The second-order valence-electron chi connectivity index (χ2n) is 10.7. The van der Waals surface area contributed by atoms with E-state index in [4.69, 9.17) is 15.2 Å². The Morgan fingerprint density at radius 2 is 1.76 bits per heavy atom. The highest BCUT2D eigenvalue weighted by molar-refractivity contribution is 6.31. The van der Waals surface area contributed by atoms with Gasteiger partial charge >= 0.3 is 0 Å². The number of rotatable bonds is 4. The van der Waals surface area contributed by atoms with Crippen LogP contribution in [0.5, 0.6) is 17.2 Å². The van der Waals surface area contributed by atoms with Crippen LogP contribution >= 0.6 is 0 Å². The molecule has 0 spiro atoms. The molecule has 202 valence electrons. The van der Waals surface area contributed by atoms with Crippen LogP contribution < -0.4 is 10.5 Å². The van der Waals surface area contributed by atoms with Crippen molar-refractivity contribution < 1.29 is 44.3 Å². The number of ether oxygens (including phenoxy) is 2. The van der Waals surface area contributed by atoms with E-state index in [1.807, 2.05) is 6.92 Å². The molecule has 10 heteroatoms. The summed E-state index contributed by atoms with van der Waals surface area (Å²) in [6.45, 7) is 3.04. The van der Waals surface area contributed by atoms with E-state index in [1.54, 1.807) is 0 Å². The minimum atomic E-state index is -1.94. The highest BCUT2D eigenvalue weighted by atomic mass is 16.5. The molecule has 0 amide bonds. The number of aliphatic hydroxyl groups excluding tert-OH is 1. The Labute approximate surface area is 219 Å². The van der Waals surface area contributed by atoms with E-state index in [0.29, 0.717) is 6.42 Å². The molecule has 3 aliphatic carbocycles. The van der Waals surface area contributed by atoms with Gasteiger partial charge in [0.2, 0.25) is 5.78 Å². The molecule has 10 nitrogen and oxygen atoms in total. The smallest absolute Gasteiger partial charge is 0.202 e. The van der Waals surface area contributed by atoms with E-state index in [-0.39, 0.29) is 58.7 Å². The first kappa shape index (κ1) is 26.3. The van der Waals surface area contributed by atoms with Crippen molar-refractivity contribution in [3.05, 3.63) is 51.6 Å². The zero-order valence-corrected chi connectivity index (χ0v) is 21.4. The molecular formula is C28H31NO9. The number of phenols is 2. The van der Waals surface area contributed by atoms with Crippen molar-refractivity contribution in [2.45, 2.75) is 69.5 Å². The summed E-state index contributed by atoms with van der Waals surface area (Å²) in [6.07, 6.45) is -2.22. The van der Waals surface area contributed by atoms with Crippen LogP contribution in [-0.2, 0) is 16.0 Å². The van der Waals surface area contributed by atoms with E-state index in [1.165, 1.54) is 32.2 Å². The van der Waals surface area contributed by atoms with Gasteiger partial charge in [0.25, 0.3) is 0 Å². The largest absolute Gasteiger partial charge is 0.507 e. The molecule has 2 aromatic rings. The maximum absolute atomic E-state index is 13.7. The van der Waals surface area contributed by atoms with Crippen molar-refractivity contribution in [2.75, 3.05) is 7.11 Å². The third-order valence-electron chi connectivity index (χ3n) is 8.28. The summed E-state index contributed by atoms with van der Waals surface area (Å²) in [5, 5.41) is 44.4. The summed E-state index contributed by atoms with van der Waals surface area (Å²) in [5.41, 5.74) is 3.36. The summed E-state index contributed by atoms with van der Waals surface area (Å²) in [7, 11) is 1.35. The number of nitrogens with two attached hydrogens (primary N) is 1. The Hall–Kier alpha value is -3.31. The summed E-state index contributed by atoms with van der Waals surface area (Å²) in [6, 6.07) is 3.92. The highest BCUT2D eigenvalue weighted by Gasteiger charge is 2.49. The maximum Gasteiger partial charge on any atom is 0.202 e. The average molecular weight is 526 g/mol. The van der Waals surface area contributed by atoms with Crippen molar-refractivity contribution in [1.29, 1.82) is 0 Å². The van der Waals surface area contributed by atoms with Crippen molar-refractivity contribution in [2.24, 2.45) is 11.7 Å². The molecule has 1 fully saturated rings. The van der Waals surface area contributed by atoms with Crippen LogP contribution in [0.3, 0.4) is 0 Å². The van der Waals surface area contributed by atoms with Crippen molar-refractivity contribution in [3.63, 3.8) is 0 Å². The Bertz CT molecular complexity index is 1360. The van der Waals surface area contributed by atoms with E-state index in [9.17, 15) is 34.8 Å². The van der Waals surface area contributed by atoms with Gasteiger partial charge in [0.05, 0.1) is 42.1 Å². The van der Waals surface area contributed by atoms with Gasteiger partial charge in [-0.2, -0.15) is 0 Å². The first-order valence-electron chi connectivity index (χ1n) is 12.6. The number of methoxy groups -OCH3 is 1. The summed E-state index contributed by atoms with van der Waals surface area (Å²) >= 11 is 0. The molecule has 1 saturated carbocycles. The van der Waals surface area contributed by atoms with Crippen LogP contribution in [0.2, 0.25) is 0 Å². The summed E-state index contributed by atoms with van der Waals surface area (Å²) in [4.78, 5) is 39.7. The van der Waals surface area contributed by atoms with Gasteiger partial charge in [-0.1, -0.05) is 19.1 Å². The number of fused-ring (bicyclic) bond motifs is 3. The van der Waals surface area contributed by atoms with Crippen LogP contribution in [-0.4, -0.2) is 68.7 Å². The van der Waals surface area contributed by atoms with Gasteiger partial charge in [-0.3, -0.25) is 14.4 Å². The maximum atomic E-state index is 13.7. The van der Waals surface area contributed by atoms with Crippen molar-refractivity contribution in [3.8, 4) is 17.2 Å². The molecule has 38 heavy (non-hydrogen) atoms. The van der Waals surface area contributed by atoms with Crippen LogP contribution in [0.4, 0.5) is 0 Å². The minimum absolute atomic E-state index is 0.00526. The Morgan fingerprint density at radius 3 is 2.39 bits per heavy atom. The molecular weight excluding hydrogens is 494 g/mol. The average Bonchev–Trinajstić information content (AvgIpc) is 2.87. The van der Waals surface area contributed by atoms with Gasteiger partial charge in [-0.05, 0) is 31.7 Å². The predicted molar refractivity (Wildman–Crippen MR) is 134 cm³/mol. The molecule has 2 aromatic carbocycles. The Morgan fingerprint density at radius 1 is 1.08 bits per heavy atom. The first-order valence-corrected chi connectivity index (χ1v) is 12.6. The fourth-order valence-corrected chi connectivity index (χ4v) is 6.16. The van der Waals surface area contributed by atoms with Gasteiger partial charge in [0.15, 0.2) is 11.6 Å². The standard InChI is InChI=1S/C28H31NO9/c1-11-7-13(8-16(29)23(11)31)38-18-10-28(36,12(2)30)9-15-20(18)27(35)22-21(25(15)33)24(32)14-5-4-6-17(37-3)19(14)26(22)34/h4-6,11,13,16,18,23,31,33,35-36H,7-10,29H2,1-3H3. The zero-order chi connectivity index (χ0) is 27.7. The molecule has 3 aliphatic rings. The quantitative estimate of drug-likeness (QED) is 0.315. The summed E-state index contributed by atoms with van der Waals surface area (Å²) in [5.74, 6) is -3.15. The van der Waals surface area contributed by atoms with E-state index in [0.717, 1.165) is 0 Å². The highest BCUT2D eigenvalue weighted by Crippen LogP contribution is 2.52. The molecule has 0 bridgehead atoms. The van der Waals surface area contributed by atoms with Gasteiger partial charge in [-0.25, -0.2) is 0 Å². The number of benzene rings is 2. The molecule has 0 saturated heterocycles. The molecule has 6 unspecified atom stereocenters. The molecule has 6 atom stereocenters. The van der Waals surface area contributed by atoms with Gasteiger partial charge in [0.1, 0.15) is 22.8 Å². The van der Waals surface area contributed by atoms with Gasteiger partial charge in [0, 0.05) is 35.6 Å². The fraction of sp³-hybridized carbons (Fsp3) is 0.464. The number of Topliss-reactive ketones (excluding diaryl/α,β-unsaturated/α-hetero) is 1. The number of carbonyl (C=O) groups excluding carboxylic acids is 3. The van der Waals surface area contributed by atoms with E-state index >= 15 is 0 Å². The van der Waals surface area contributed by atoms with Gasteiger partial charge in [-0.15, -0.1) is 0 Å². The number of ketones is 3. The lowest BCUT2D eigenvalue weighted by Crippen LogP contribution is -2.49. The predicted octanol–water partition coefficient (Wildman–Crippen LogP) is 1.69. The van der Waals surface area contributed by atoms with Crippen LogP contribution in [0, 0.1) is 5.92 Å². The third kappa shape index (κ3) is 3.82. The number of carbonyl (C=O) groups is 3.